The van der Waals surface area contributed by atoms with Crippen LogP contribution < -0.4 is 0 Å². The molecular formula is C24H45O2P. The van der Waals surface area contributed by atoms with Crippen molar-refractivity contribution >= 4 is 7.14 Å². The quantitative estimate of drug-likeness (QED) is 0.294. The average molecular weight is 397 g/mol. The molecule has 2 nitrogen and oxygen atoms in total. The largest absolute Gasteiger partial charge is 0.385 e. The Bertz CT molecular complexity index is 421. The van der Waals surface area contributed by atoms with Gasteiger partial charge in [-0.15, -0.1) is 0 Å². The molecule has 0 unspecified atom stereocenters. The summed E-state index contributed by atoms with van der Waals surface area (Å²) in [5.41, 5.74) is 1.79. The molecule has 0 aromatic rings. The Morgan fingerprint density at radius 2 is 1.19 bits per heavy atom. The average Bonchev–Trinajstić information content (AvgIpc) is 2.75. The maximum Gasteiger partial charge on any atom is 0.0964 e. The van der Waals surface area contributed by atoms with E-state index in [-0.39, 0.29) is 0 Å². The lowest BCUT2D eigenvalue weighted by Crippen LogP contribution is -2.32. The van der Waals surface area contributed by atoms with Crippen LogP contribution in [0, 0.1) is 5.92 Å². The van der Waals surface area contributed by atoms with Crippen molar-refractivity contribution in [1.82, 2.24) is 0 Å². The van der Waals surface area contributed by atoms with Gasteiger partial charge in [-0.05, 0) is 63.7 Å². The second kappa shape index (κ2) is 11.4. The van der Waals surface area contributed by atoms with E-state index in [1.807, 2.05) is 0 Å². The Kier molecular flexibility index (Phi) is 9.24. The summed E-state index contributed by atoms with van der Waals surface area (Å²) >= 11 is 0. The summed E-state index contributed by atoms with van der Waals surface area (Å²) in [4.78, 5) is 0. The van der Waals surface area contributed by atoms with Crippen LogP contribution in [0.2, 0.25) is 0 Å². The van der Waals surface area contributed by atoms with Crippen LogP contribution in [-0.4, -0.2) is 30.7 Å². The van der Waals surface area contributed by atoms with Gasteiger partial charge in [-0.3, -0.25) is 0 Å². The Labute approximate surface area is 169 Å². The Balaban J connectivity index is 1.55. The van der Waals surface area contributed by atoms with Crippen molar-refractivity contribution in [2.24, 2.45) is 5.92 Å². The van der Waals surface area contributed by atoms with E-state index in [1.165, 1.54) is 116 Å². The third-order valence-corrected chi connectivity index (χ3v) is 13.1. The topological polar surface area (TPSA) is 26.3 Å². The fourth-order valence-electron chi connectivity index (χ4n) is 6.56. The molecule has 27 heavy (non-hydrogen) atoms. The summed E-state index contributed by atoms with van der Waals surface area (Å²) in [6.45, 7) is 0.915. The lowest BCUT2D eigenvalue weighted by atomic mass is 9.85. The SMILES string of the molecule is COCCCCCC1CCC(P(=O)(C2CCCCC2)C2CCCCC2)CC1. The molecule has 0 saturated heterocycles. The van der Waals surface area contributed by atoms with Gasteiger partial charge in [-0.25, -0.2) is 0 Å². The van der Waals surface area contributed by atoms with Gasteiger partial charge in [0.1, 0.15) is 0 Å². The third-order valence-electron chi connectivity index (χ3n) is 8.14. The van der Waals surface area contributed by atoms with Gasteiger partial charge in [-0.1, -0.05) is 57.8 Å². The molecule has 0 N–H and O–H groups in total. The van der Waals surface area contributed by atoms with Crippen molar-refractivity contribution < 1.29 is 9.30 Å². The second-order valence-corrected chi connectivity index (χ2v) is 13.6. The van der Waals surface area contributed by atoms with Crippen LogP contribution in [0.5, 0.6) is 0 Å². The van der Waals surface area contributed by atoms with Crippen LogP contribution in [0.15, 0.2) is 0 Å². The number of rotatable bonds is 9. The van der Waals surface area contributed by atoms with Crippen molar-refractivity contribution in [3.05, 3.63) is 0 Å². The van der Waals surface area contributed by atoms with E-state index in [2.05, 4.69) is 0 Å². The minimum absolute atomic E-state index is 0.591. The predicted octanol–water partition coefficient (Wildman–Crippen LogP) is 7.78. The summed E-state index contributed by atoms with van der Waals surface area (Å²) in [6.07, 6.45) is 23.9. The predicted molar refractivity (Wildman–Crippen MR) is 117 cm³/mol. The standard InChI is InChI=1S/C24H45O2P/c1-26-20-10-4-5-11-21-16-18-24(19-17-21)27(25,22-12-6-2-7-13-22)23-14-8-3-9-15-23/h21-24H,2-20H2,1H3. The number of hydrogen-bond donors (Lipinski definition) is 0. The number of ether oxygens (including phenoxy) is 1. The molecule has 0 aromatic carbocycles. The van der Waals surface area contributed by atoms with Crippen molar-refractivity contribution in [3.63, 3.8) is 0 Å². The zero-order valence-corrected chi connectivity index (χ0v) is 18.9. The molecule has 0 radical (unpaired) electrons. The van der Waals surface area contributed by atoms with Crippen LogP contribution in [0.4, 0.5) is 0 Å². The molecular weight excluding hydrogens is 351 g/mol. The molecule has 158 valence electrons. The van der Waals surface area contributed by atoms with Gasteiger partial charge >= 0.3 is 0 Å². The lowest BCUT2D eigenvalue weighted by Gasteiger charge is -2.45. The van der Waals surface area contributed by atoms with Gasteiger partial charge in [0.15, 0.2) is 0 Å². The zero-order valence-electron chi connectivity index (χ0n) is 18.0. The molecule has 0 atom stereocenters. The van der Waals surface area contributed by atoms with E-state index in [1.54, 1.807) is 7.11 Å². The van der Waals surface area contributed by atoms with Gasteiger partial charge in [0, 0.05) is 30.7 Å². The second-order valence-electron chi connectivity index (χ2n) is 9.86. The molecule has 0 aliphatic heterocycles. The van der Waals surface area contributed by atoms with Gasteiger partial charge < -0.3 is 9.30 Å². The normalized spacial score (nSPS) is 29.1. The summed E-state index contributed by atoms with van der Waals surface area (Å²) in [5, 5.41) is 0. The minimum atomic E-state index is -2.03. The van der Waals surface area contributed by atoms with Crippen molar-refractivity contribution in [3.8, 4) is 0 Å². The first-order valence-electron chi connectivity index (χ1n) is 12.3. The minimum Gasteiger partial charge on any atom is -0.385 e. The highest BCUT2D eigenvalue weighted by Crippen LogP contribution is 2.68. The zero-order chi connectivity index (χ0) is 19.0. The molecule has 3 aliphatic carbocycles. The lowest BCUT2D eigenvalue weighted by molar-refractivity contribution is 0.190. The first-order chi connectivity index (χ1) is 13.2. The molecule has 0 bridgehead atoms. The van der Waals surface area contributed by atoms with E-state index in [9.17, 15) is 4.57 Å². The summed E-state index contributed by atoms with van der Waals surface area (Å²) < 4.78 is 19.9. The molecule has 3 aliphatic rings. The maximum absolute atomic E-state index is 14.7. The van der Waals surface area contributed by atoms with E-state index in [4.69, 9.17) is 4.74 Å². The highest BCUT2D eigenvalue weighted by Gasteiger charge is 2.47. The monoisotopic (exact) mass is 396 g/mol. The van der Waals surface area contributed by atoms with Crippen molar-refractivity contribution in [2.75, 3.05) is 13.7 Å². The molecule has 0 amide bonds. The van der Waals surface area contributed by atoms with Crippen LogP contribution in [0.1, 0.15) is 116 Å². The van der Waals surface area contributed by atoms with Gasteiger partial charge in [0.2, 0.25) is 0 Å². The molecule has 3 saturated carbocycles. The molecule has 0 heterocycles. The fourth-order valence-corrected chi connectivity index (χ4v) is 11.8. The Morgan fingerprint density at radius 3 is 1.70 bits per heavy atom. The Hall–Kier alpha value is 0.190. The Morgan fingerprint density at radius 1 is 0.667 bits per heavy atom. The fraction of sp³-hybridized carbons (Fsp3) is 1.00. The van der Waals surface area contributed by atoms with Crippen LogP contribution in [0.3, 0.4) is 0 Å². The third kappa shape index (κ3) is 5.85. The van der Waals surface area contributed by atoms with Crippen LogP contribution >= 0.6 is 7.14 Å². The summed E-state index contributed by atoms with van der Waals surface area (Å²) in [6, 6.07) is 0. The van der Waals surface area contributed by atoms with Crippen LogP contribution in [-0.2, 0) is 9.30 Å². The van der Waals surface area contributed by atoms with E-state index < -0.39 is 7.14 Å². The van der Waals surface area contributed by atoms with Gasteiger partial charge in [-0.2, -0.15) is 0 Å². The highest BCUT2D eigenvalue weighted by atomic mass is 31.2. The van der Waals surface area contributed by atoms with Gasteiger partial charge in [0.05, 0.1) is 7.14 Å². The van der Waals surface area contributed by atoms with E-state index in [0.717, 1.165) is 12.5 Å². The number of unbranched alkanes of at least 4 members (excludes halogenated alkanes) is 2. The summed E-state index contributed by atoms with van der Waals surface area (Å²) in [7, 11) is -0.226. The highest BCUT2D eigenvalue weighted by molar-refractivity contribution is 7.66. The smallest absolute Gasteiger partial charge is 0.0964 e. The van der Waals surface area contributed by atoms with Crippen LogP contribution in [0.25, 0.3) is 0 Å². The van der Waals surface area contributed by atoms with E-state index >= 15 is 0 Å². The molecule has 0 spiro atoms. The van der Waals surface area contributed by atoms with E-state index in [0.29, 0.717) is 17.0 Å². The van der Waals surface area contributed by atoms with Crippen molar-refractivity contribution in [1.29, 1.82) is 0 Å². The number of hydrogen-bond acceptors (Lipinski definition) is 2. The molecule has 3 fully saturated rings. The number of methoxy groups -OCH3 is 1. The molecule has 3 rings (SSSR count). The molecule has 3 heteroatoms. The summed E-state index contributed by atoms with van der Waals surface area (Å²) in [5.74, 6) is 0.912. The molecule has 0 aromatic heterocycles. The maximum atomic E-state index is 14.7. The van der Waals surface area contributed by atoms with Gasteiger partial charge in [0.25, 0.3) is 0 Å². The first-order valence-corrected chi connectivity index (χ1v) is 14.2. The van der Waals surface area contributed by atoms with Crippen molar-refractivity contribution in [2.45, 2.75) is 133 Å². The first kappa shape index (κ1) is 21.9.